The summed E-state index contributed by atoms with van der Waals surface area (Å²) in [5.74, 6) is 0. The summed E-state index contributed by atoms with van der Waals surface area (Å²) < 4.78 is 2.27. The number of aromatic nitrogens is 2. The van der Waals surface area contributed by atoms with Crippen LogP contribution in [0, 0.1) is 0 Å². The van der Waals surface area contributed by atoms with Crippen LogP contribution in [0.2, 0.25) is 0 Å². The molecular formula is C12H14N2. The van der Waals surface area contributed by atoms with Gasteiger partial charge in [0.05, 0.1) is 17.4 Å². The smallest absolute Gasteiger partial charge is 0.0783 e. The third kappa shape index (κ3) is 1.10. The Labute approximate surface area is 83.6 Å². The summed E-state index contributed by atoms with van der Waals surface area (Å²) in [6.45, 7) is 0. The maximum Gasteiger partial charge on any atom is 0.0783 e. The first-order valence-corrected chi connectivity index (χ1v) is 5.24. The molecule has 2 nitrogen and oxygen atoms in total. The summed E-state index contributed by atoms with van der Waals surface area (Å²) in [6, 6.07) is 0.501. The minimum Gasteiger partial charge on any atom is -0.300 e. The number of H-pyrrole nitrogens is 1. The Morgan fingerprint density at radius 2 is 2.29 bits per heavy atom. The highest BCUT2D eigenvalue weighted by molar-refractivity contribution is 5.52. The summed E-state index contributed by atoms with van der Waals surface area (Å²) in [7, 11) is 0. The zero-order valence-corrected chi connectivity index (χ0v) is 8.11. The van der Waals surface area contributed by atoms with Crippen LogP contribution in [0.25, 0.3) is 6.08 Å². The number of nitrogens with zero attached hydrogens (tertiary/aromatic N) is 1. The molecule has 0 amide bonds. The lowest BCUT2D eigenvalue weighted by Crippen LogP contribution is -2.24. The van der Waals surface area contributed by atoms with Crippen molar-refractivity contribution < 1.29 is 0 Å². The third-order valence-electron chi connectivity index (χ3n) is 2.95. The van der Waals surface area contributed by atoms with E-state index in [1.54, 1.807) is 0 Å². The number of hydrogen-bond acceptors (Lipinski definition) is 0. The average Bonchev–Trinajstić information content (AvgIpc) is 2.22. The highest BCUT2D eigenvalue weighted by Crippen LogP contribution is 2.27. The number of allylic oxidation sites excluding steroid dienone is 5. The summed E-state index contributed by atoms with van der Waals surface area (Å²) in [5.41, 5.74) is 2.80. The second-order valence-electron chi connectivity index (χ2n) is 3.90. The summed E-state index contributed by atoms with van der Waals surface area (Å²) in [5, 5.41) is 3.43. The second-order valence-corrected chi connectivity index (χ2v) is 3.90. The van der Waals surface area contributed by atoms with Crippen molar-refractivity contribution in [2.45, 2.75) is 25.3 Å². The Morgan fingerprint density at radius 1 is 1.29 bits per heavy atom. The van der Waals surface area contributed by atoms with Crippen LogP contribution in [0.4, 0.5) is 0 Å². The topological polar surface area (TPSA) is 20.7 Å². The van der Waals surface area contributed by atoms with Crippen LogP contribution in [-0.2, 0) is 6.42 Å². The Hall–Kier alpha value is -1.44. The van der Waals surface area contributed by atoms with E-state index in [4.69, 9.17) is 0 Å². The molecule has 0 spiro atoms. The predicted molar refractivity (Wildman–Crippen MR) is 58.1 cm³/mol. The molecule has 1 aromatic rings. The van der Waals surface area contributed by atoms with E-state index < -0.39 is 0 Å². The van der Waals surface area contributed by atoms with Crippen molar-refractivity contribution >= 4 is 6.08 Å². The predicted octanol–water partition coefficient (Wildman–Crippen LogP) is 2.83. The van der Waals surface area contributed by atoms with Gasteiger partial charge in [-0.15, -0.1) is 0 Å². The van der Waals surface area contributed by atoms with Crippen LogP contribution in [0.1, 0.15) is 30.3 Å². The molecule has 1 heterocycles. The normalized spacial score (nSPS) is 24.1. The van der Waals surface area contributed by atoms with Crippen molar-refractivity contribution in [3.63, 3.8) is 0 Å². The fraction of sp³-hybridized carbons (Fsp3) is 0.333. The minimum absolute atomic E-state index is 0.501. The molecule has 0 aliphatic heterocycles. The van der Waals surface area contributed by atoms with Gasteiger partial charge in [0.2, 0.25) is 0 Å². The fourth-order valence-electron chi connectivity index (χ4n) is 2.16. The number of fused-ring (bicyclic) bond motifs is 1. The summed E-state index contributed by atoms with van der Waals surface area (Å²) >= 11 is 0. The molecule has 0 fully saturated rings. The van der Waals surface area contributed by atoms with Gasteiger partial charge in [-0.25, -0.2) is 0 Å². The van der Waals surface area contributed by atoms with Crippen molar-refractivity contribution in [2.24, 2.45) is 0 Å². The lowest BCUT2D eigenvalue weighted by Gasteiger charge is -2.29. The molecule has 1 N–H and O–H groups in total. The molecule has 1 aromatic heterocycles. The Bertz CT molecular complexity index is 415. The van der Waals surface area contributed by atoms with Gasteiger partial charge in [-0.05, 0) is 25.3 Å². The summed E-state index contributed by atoms with van der Waals surface area (Å²) in [6.07, 6.45) is 16.7. The SMILES string of the molecule is C1=CCC(n2[nH]c3c2C=CCC3)C=C1. The molecule has 3 rings (SSSR count). The fourth-order valence-corrected chi connectivity index (χ4v) is 2.16. The average molecular weight is 186 g/mol. The molecule has 0 aromatic carbocycles. The quantitative estimate of drug-likeness (QED) is 0.696. The molecule has 0 bridgehead atoms. The molecule has 72 valence electrons. The zero-order chi connectivity index (χ0) is 9.38. The Kier molecular flexibility index (Phi) is 1.72. The van der Waals surface area contributed by atoms with Crippen molar-refractivity contribution in [3.8, 4) is 0 Å². The first-order chi connectivity index (χ1) is 6.95. The van der Waals surface area contributed by atoms with E-state index in [0.717, 1.165) is 6.42 Å². The van der Waals surface area contributed by atoms with Gasteiger partial charge in [0, 0.05) is 0 Å². The molecule has 2 heteroatoms. The second kappa shape index (κ2) is 3.05. The van der Waals surface area contributed by atoms with Crippen LogP contribution < -0.4 is 0 Å². The maximum absolute atomic E-state index is 3.43. The van der Waals surface area contributed by atoms with E-state index in [1.165, 1.54) is 24.2 Å². The maximum atomic E-state index is 3.43. The highest BCUT2D eigenvalue weighted by atomic mass is 15.3. The van der Waals surface area contributed by atoms with Gasteiger partial charge >= 0.3 is 0 Å². The van der Waals surface area contributed by atoms with Gasteiger partial charge in [-0.1, -0.05) is 30.4 Å². The largest absolute Gasteiger partial charge is 0.300 e. The zero-order valence-electron chi connectivity index (χ0n) is 8.11. The molecule has 0 saturated carbocycles. The van der Waals surface area contributed by atoms with E-state index in [0.29, 0.717) is 6.04 Å². The molecule has 2 aliphatic rings. The van der Waals surface area contributed by atoms with E-state index in [1.807, 2.05) is 0 Å². The van der Waals surface area contributed by atoms with Crippen LogP contribution in [0.15, 0.2) is 30.4 Å². The van der Waals surface area contributed by atoms with Gasteiger partial charge in [0.15, 0.2) is 0 Å². The monoisotopic (exact) mass is 186 g/mol. The van der Waals surface area contributed by atoms with Crippen LogP contribution in [-0.4, -0.2) is 9.78 Å². The number of rotatable bonds is 1. The number of hydrogen-bond donors (Lipinski definition) is 1. The van der Waals surface area contributed by atoms with Gasteiger partial charge in [-0.3, -0.25) is 9.78 Å². The third-order valence-corrected chi connectivity index (χ3v) is 2.95. The van der Waals surface area contributed by atoms with Gasteiger partial charge in [0.25, 0.3) is 0 Å². The standard InChI is InChI=1S/C12H14N2/c1-2-6-10(7-3-1)14-12-9-5-4-8-11(12)13-14/h1-3,5-6,9-10,13H,4,7-8H2. The molecule has 1 atom stereocenters. The summed E-state index contributed by atoms with van der Waals surface area (Å²) in [4.78, 5) is 0. The lowest BCUT2D eigenvalue weighted by atomic mass is 10.0. The van der Waals surface area contributed by atoms with Crippen molar-refractivity contribution in [1.29, 1.82) is 0 Å². The Morgan fingerprint density at radius 3 is 3.07 bits per heavy atom. The molecule has 0 saturated heterocycles. The van der Waals surface area contributed by atoms with Gasteiger partial charge in [0.1, 0.15) is 0 Å². The lowest BCUT2D eigenvalue weighted by molar-refractivity contribution is 0.473. The van der Waals surface area contributed by atoms with Crippen LogP contribution in [0.3, 0.4) is 0 Å². The van der Waals surface area contributed by atoms with Crippen LogP contribution in [0.5, 0.6) is 0 Å². The molecular weight excluding hydrogens is 172 g/mol. The number of aromatic amines is 1. The van der Waals surface area contributed by atoms with Gasteiger partial charge < -0.3 is 0 Å². The molecule has 2 aliphatic carbocycles. The molecule has 0 radical (unpaired) electrons. The van der Waals surface area contributed by atoms with E-state index in [2.05, 4.69) is 46.2 Å². The van der Waals surface area contributed by atoms with Crippen molar-refractivity contribution in [3.05, 3.63) is 41.8 Å². The van der Waals surface area contributed by atoms with Gasteiger partial charge in [-0.2, -0.15) is 0 Å². The van der Waals surface area contributed by atoms with Crippen molar-refractivity contribution in [2.75, 3.05) is 0 Å². The Balaban J connectivity index is 1.89. The van der Waals surface area contributed by atoms with Crippen molar-refractivity contribution in [1.82, 2.24) is 9.78 Å². The molecule has 14 heavy (non-hydrogen) atoms. The minimum atomic E-state index is 0.501. The van der Waals surface area contributed by atoms with E-state index >= 15 is 0 Å². The number of nitrogens with one attached hydrogen (secondary N) is 1. The molecule has 1 unspecified atom stereocenters. The highest BCUT2D eigenvalue weighted by Gasteiger charge is 2.18. The van der Waals surface area contributed by atoms with Crippen LogP contribution >= 0.6 is 0 Å². The number of aryl methyl sites for hydroxylation is 1. The first kappa shape index (κ1) is 7.92. The van der Waals surface area contributed by atoms with E-state index in [-0.39, 0.29) is 0 Å². The first-order valence-electron chi connectivity index (χ1n) is 5.24. The van der Waals surface area contributed by atoms with E-state index in [9.17, 15) is 0 Å².